The number of aromatic nitrogens is 1. The molecule has 0 radical (unpaired) electrons. The average molecular weight is 262 g/mol. The van der Waals surface area contributed by atoms with Crippen molar-refractivity contribution >= 4 is 5.82 Å². The molecule has 2 N–H and O–H groups in total. The lowest BCUT2D eigenvalue weighted by Gasteiger charge is -2.28. The van der Waals surface area contributed by atoms with Crippen molar-refractivity contribution in [1.82, 2.24) is 9.88 Å². The standard InChI is InChI=1S/C15H26N4/c1-4-19-9-5-6-14(19)11-18(3)15-8-7-13(10-17-15)12(2)16/h7-8,10,12,14H,4-6,9,11,16H2,1-3H3. The molecule has 2 heterocycles. The van der Waals surface area contributed by atoms with Crippen molar-refractivity contribution in [1.29, 1.82) is 0 Å². The molecule has 1 aromatic heterocycles. The van der Waals surface area contributed by atoms with Crippen molar-refractivity contribution in [2.24, 2.45) is 5.73 Å². The van der Waals surface area contributed by atoms with E-state index in [9.17, 15) is 0 Å². The van der Waals surface area contributed by atoms with Gasteiger partial charge >= 0.3 is 0 Å². The van der Waals surface area contributed by atoms with Gasteiger partial charge in [0.05, 0.1) is 0 Å². The Labute approximate surface area is 116 Å². The van der Waals surface area contributed by atoms with Crippen LogP contribution in [0.3, 0.4) is 0 Å². The average Bonchev–Trinajstić information content (AvgIpc) is 2.86. The molecule has 2 unspecified atom stereocenters. The number of likely N-dealkylation sites (N-methyl/N-ethyl adjacent to an activating group) is 2. The third kappa shape index (κ3) is 3.45. The summed E-state index contributed by atoms with van der Waals surface area (Å²) in [6.07, 6.45) is 4.52. The van der Waals surface area contributed by atoms with Gasteiger partial charge in [0, 0.05) is 31.9 Å². The molecule has 1 saturated heterocycles. The predicted octanol–water partition coefficient (Wildman–Crippen LogP) is 2.02. The first kappa shape index (κ1) is 14.3. The van der Waals surface area contributed by atoms with Gasteiger partial charge in [0.25, 0.3) is 0 Å². The second-order valence-electron chi connectivity index (χ2n) is 5.54. The van der Waals surface area contributed by atoms with Crippen LogP contribution < -0.4 is 10.6 Å². The van der Waals surface area contributed by atoms with Crippen molar-refractivity contribution in [3.8, 4) is 0 Å². The zero-order valence-corrected chi connectivity index (χ0v) is 12.3. The van der Waals surface area contributed by atoms with Crippen LogP contribution in [0.15, 0.2) is 18.3 Å². The quantitative estimate of drug-likeness (QED) is 0.882. The van der Waals surface area contributed by atoms with E-state index in [0.29, 0.717) is 6.04 Å². The van der Waals surface area contributed by atoms with Gasteiger partial charge in [-0.15, -0.1) is 0 Å². The van der Waals surface area contributed by atoms with Crippen molar-refractivity contribution in [3.63, 3.8) is 0 Å². The molecule has 0 aliphatic carbocycles. The molecule has 2 rings (SSSR count). The van der Waals surface area contributed by atoms with E-state index in [1.807, 2.05) is 13.1 Å². The van der Waals surface area contributed by atoms with Crippen LogP contribution in [0, 0.1) is 0 Å². The summed E-state index contributed by atoms with van der Waals surface area (Å²) in [7, 11) is 2.13. The zero-order valence-electron chi connectivity index (χ0n) is 12.3. The third-order valence-corrected chi connectivity index (χ3v) is 4.08. The smallest absolute Gasteiger partial charge is 0.128 e. The largest absolute Gasteiger partial charge is 0.358 e. The highest BCUT2D eigenvalue weighted by Crippen LogP contribution is 2.20. The van der Waals surface area contributed by atoms with Crippen LogP contribution >= 0.6 is 0 Å². The molecule has 0 spiro atoms. The molecular weight excluding hydrogens is 236 g/mol. The van der Waals surface area contributed by atoms with Crippen LogP contribution in [0.25, 0.3) is 0 Å². The number of anilines is 1. The number of nitrogens with two attached hydrogens (primary N) is 1. The van der Waals surface area contributed by atoms with Gasteiger partial charge in [-0.25, -0.2) is 4.98 Å². The maximum atomic E-state index is 5.85. The lowest BCUT2D eigenvalue weighted by Crippen LogP contribution is -2.39. The Kier molecular flexibility index (Phi) is 4.77. The Balaban J connectivity index is 1.97. The van der Waals surface area contributed by atoms with Crippen molar-refractivity contribution in [2.45, 2.75) is 38.8 Å². The summed E-state index contributed by atoms with van der Waals surface area (Å²) in [4.78, 5) is 9.34. The van der Waals surface area contributed by atoms with Gasteiger partial charge in [-0.2, -0.15) is 0 Å². The summed E-state index contributed by atoms with van der Waals surface area (Å²) in [6.45, 7) is 7.67. The topological polar surface area (TPSA) is 45.4 Å². The second-order valence-corrected chi connectivity index (χ2v) is 5.54. The van der Waals surface area contributed by atoms with Crippen LogP contribution in [0.4, 0.5) is 5.82 Å². The van der Waals surface area contributed by atoms with Crippen LogP contribution in [0.2, 0.25) is 0 Å². The molecule has 1 aliphatic rings. The molecule has 19 heavy (non-hydrogen) atoms. The highest BCUT2D eigenvalue weighted by atomic mass is 15.2. The molecule has 1 aromatic rings. The van der Waals surface area contributed by atoms with E-state index in [-0.39, 0.29) is 6.04 Å². The van der Waals surface area contributed by atoms with E-state index in [4.69, 9.17) is 5.73 Å². The van der Waals surface area contributed by atoms with E-state index in [2.05, 4.69) is 40.9 Å². The summed E-state index contributed by atoms with van der Waals surface area (Å²) in [5.41, 5.74) is 6.94. The second kappa shape index (κ2) is 6.35. The number of pyridine rings is 1. The molecule has 4 heteroatoms. The van der Waals surface area contributed by atoms with E-state index in [0.717, 1.165) is 24.5 Å². The van der Waals surface area contributed by atoms with Crippen molar-refractivity contribution in [2.75, 3.05) is 31.6 Å². The van der Waals surface area contributed by atoms with Gasteiger partial charge in [0.15, 0.2) is 0 Å². The van der Waals surface area contributed by atoms with E-state index in [1.165, 1.54) is 19.4 Å². The number of hydrogen-bond acceptors (Lipinski definition) is 4. The molecule has 0 amide bonds. The minimum Gasteiger partial charge on any atom is -0.358 e. The third-order valence-electron chi connectivity index (χ3n) is 4.08. The molecule has 2 atom stereocenters. The summed E-state index contributed by atoms with van der Waals surface area (Å²) in [5.74, 6) is 1.03. The molecule has 0 aromatic carbocycles. The molecule has 0 saturated carbocycles. The first-order chi connectivity index (χ1) is 9.11. The molecular formula is C15H26N4. The minimum absolute atomic E-state index is 0.0530. The van der Waals surface area contributed by atoms with E-state index < -0.39 is 0 Å². The van der Waals surface area contributed by atoms with E-state index >= 15 is 0 Å². The Hall–Kier alpha value is -1.13. The van der Waals surface area contributed by atoms with Gasteiger partial charge in [-0.05, 0) is 44.5 Å². The summed E-state index contributed by atoms with van der Waals surface area (Å²) >= 11 is 0. The number of nitrogens with zero attached hydrogens (tertiary/aromatic N) is 3. The van der Waals surface area contributed by atoms with Gasteiger partial charge in [0.2, 0.25) is 0 Å². The number of rotatable bonds is 5. The molecule has 0 bridgehead atoms. The van der Waals surface area contributed by atoms with Crippen molar-refractivity contribution < 1.29 is 0 Å². The lowest BCUT2D eigenvalue weighted by atomic mass is 10.1. The fraction of sp³-hybridized carbons (Fsp3) is 0.667. The Morgan fingerprint density at radius 3 is 2.89 bits per heavy atom. The summed E-state index contributed by atoms with van der Waals surface area (Å²) < 4.78 is 0. The predicted molar refractivity (Wildman–Crippen MR) is 80.4 cm³/mol. The maximum Gasteiger partial charge on any atom is 0.128 e. The van der Waals surface area contributed by atoms with Gasteiger partial charge in [0.1, 0.15) is 5.82 Å². The van der Waals surface area contributed by atoms with Gasteiger partial charge in [-0.1, -0.05) is 13.0 Å². The monoisotopic (exact) mass is 262 g/mol. The first-order valence-corrected chi connectivity index (χ1v) is 7.28. The molecule has 4 nitrogen and oxygen atoms in total. The van der Waals surface area contributed by atoms with Gasteiger partial charge in [-0.3, -0.25) is 4.90 Å². The summed E-state index contributed by atoms with van der Waals surface area (Å²) in [6, 6.07) is 4.88. The van der Waals surface area contributed by atoms with E-state index in [1.54, 1.807) is 0 Å². The SMILES string of the molecule is CCN1CCCC1CN(C)c1ccc(C(C)N)cn1. The van der Waals surface area contributed by atoms with Crippen molar-refractivity contribution in [3.05, 3.63) is 23.9 Å². The molecule has 1 aliphatic heterocycles. The molecule has 1 fully saturated rings. The highest BCUT2D eigenvalue weighted by molar-refractivity contribution is 5.39. The minimum atomic E-state index is 0.0530. The van der Waals surface area contributed by atoms with Crippen LogP contribution in [-0.2, 0) is 0 Å². The fourth-order valence-corrected chi connectivity index (χ4v) is 2.82. The Morgan fingerprint density at radius 2 is 2.32 bits per heavy atom. The molecule has 106 valence electrons. The number of hydrogen-bond donors (Lipinski definition) is 1. The Bertz CT molecular complexity index is 388. The van der Waals surface area contributed by atoms with Crippen LogP contribution in [0.1, 0.15) is 38.3 Å². The number of likely N-dealkylation sites (tertiary alicyclic amines) is 1. The van der Waals surface area contributed by atoms with Crippen LogP contribution in [-0.4, -0.2) is 42.6 Å². The van der Waals surface area contributed by atoms with Gasteiger partial charge < -0.3 is 10.6 Å². The zero-order chi connectivity index (χ0) is 13.8. The Morgan fingerprint density at radius 1 is 1.53 bits per heavy atom. The normalized spacial score (nSPS) is 21.6. The first-order valence-electron chi connectivity index (χ1n) is 7.28. The fourth-order valence-electron chi connectivity index (χ4n) is 2.82. The maximum absolute atomic E-state index is 5.85. The summed E-state index contributed by atoms with van der Waals surface area (Å²) in [5, 5.41) is 0. The lowest BCUT2D eigenvalue weighted by molar-refractivity contribution is 0.270. The highest BCUT2D eigenvalue weighted by Gasteiger charge is 2.24. The van der Waals surface area contributed by atoms with Crippen LogP contribution in [0.5, 0.6) is 0 Å².